The molecule has 138 valence electrons. The van der Waals surface area contributed by atoms with E-state index in [-0.39, 0.29) is 18.0 Å². The molecule has 0 saturated carbocycles. The van der Waals surface area contributed by atoms with E-state index in [4.69, 9.17) is 10.5 Å². The van der Waals surface area contributed by atoms with Crippen LogP contribution in [0.1, 0.15) is 26.3 Å². The SMILES string of the molecule is CC1(C)OCC(N)=N[C@](C)(c2cc(-c3ccccn3)ccc2F)C1(F)F. The highest BCUT2D eigenvalue weighted by Gasteiger charge is 2.63. The number of nitrogens with two attached hydrogens (primary N) is 1. The lowest BCUT2D eigenvalue weighted by Crippen LogP contribution is -2.56. The number of rotatable bonds is 2. The Kier molecular flexibility index (Phi) is 4.30. The van der Waals surface area contributed by atoms with Gasteiger partial charge in [0.05, 0.1) is 5.69 Å². The summed E-state index contributed by atoms with van der Waals surface area (Å²) in [5.41, 5.74) is 2.42. The molecule has 1 aromatic carbocycles. The molecular weight excluding hydrogens is 343 g/mol. The number of aromatic nitrogens is 1. The fourth-order valence-corrected chi connectivity index (χ4v) is 3.14. The van der Waals surface area contributed by atoms with E-state index in [0.717, 1.165) is 6.07 Å². The zero-order valence-electron chi connectivity index (χ0n) is 14.8. The molecule has 0 bridgehead atoms. The molecule has 0 fully saturated rings. The lowest BCUT2D eigenvalue weighted by Gasteiger charge is -2.42. The second-order valence-corrected chi connectivity index (χ2v) is 6.96. The van der Waals surface area contributed by atoms with Crippen molar-refractivity contribution in [1.82, 2.24) is 4.98 Å². The van der Waals surface area contributed by atoms with Crippen molar-refractivity contribution in [2.75, 3.05) is 6.61 Å². The van der Waals surface area contributed by atoms with Crippen LogP contribution in [0.4, 0.5) is 13.2 Å². The molecule has 0 radical (unpaired) electrons. The summed E-state index contributed by atoms with van der Waals surface area (Å²) in [4.78, 5) is 8.17. The number of pyridine rings is 1. The third-order valence-corrected chi connectivity index (χ3v) is 4.77. The van der Waals surface area contributed by atoms with E-state index < -0.39 is 22.9 Å². The predicted octanol–water partition coefficient (Wildman–Crippen LogP) is 3.90. The van der Waals surface area contributed by atoms with E-state index >= 15 is 8.78 Å². The molecule has 1 atom stereocenters. The standard InChI is InChI=1S/C19H20F3N3O/c1-17(2)19(21,22)18(3,25-16(23)11-26-17)13-10-12(7-8-14(13)20)15-6-4-5-9-24-15/h4-10H,11H2,1-3H3,(H2,23,25)/t18-/m1/s1. The van der Waals surface area contributed by atoms with Gasteiger partial charge in [0.25, 0.3) is 0 Å². The Morgan fingerprint density at radius 3 is 2.50 bits per heavy atom. The second kappa shape index (κ2) is 6.09. The van der Waals surface area contributed by atoms with Crippen LogP contribution in [0.15, 0.2) is 47.6 Å². The Balaban J connectivity index is 2.24. The highest BCUT2D eigenvalue weighted by molar-refractivity contribution is 5.82. The number of benzene rings is 1. The maximum absolute atomic E-state index is 15.4. The van der Waals surface area contributed by atoms with Crippen LogP contribution in [-0.2, 0) is 10.3 Å². The van der Waals surface area contributed by atoms with Gasteiger partial charge in [0.2, 0.25) is 0 Å². The van der Waals surface area contributed by atoms with Gasteiger partial charge in [-0.2, -0.15) is 0 Å². The Labute approximate surface area is 149 Å². The van der Waals surface area contributed by atoms with Gasteiger partial charge in [-0.15, -0.1) is 0 Å². The molecule has 0 spiro atoms. The molecule has 0 amide bonds. The molecule has 2 N–H and O–H groups in total. The molecule has 7 heteroatoms. The number of aliphatic imine (C=N–C) groups is 1. The highest BCUT2D eigenvalue weighted by atomic mass is 19.3. The predicted molar refractivity (Wildman–Crippen MR) is 93.6 cm³/mol. The number of hydrogen-bond acceptors (Lipinski definition) is 4. The number of nitrogens with zero attached hydrogens (tertiary/aromatic N) is 2. The van der Waals surface area contributed by atoms with Gasteiger partial charge >= 0.3 is 5.92 Å². The van der Waals surface area contributed by atoms with E-state index in [9.17, 15) is 4.39 Å². The molecule has 4 nitrogen and oxygen atoms in total. The summed E-state index contributed by atoms with van der Waals surface area (Å²) in [7, 11) is 0. The molecule has 1 aliphatic rings. The van der Waals surface area contributed by atoms with E-state index in [0.29, 0.717) is 11.3 Å². The first kappa shape index (κ1) is 18.4. The number of halogens is 3. The molecule has 1 aliphatic heterocycles. The van der Waals surface area contributed by atoms with Crippen LogP contribution in [-0.4, -0.2) is 29.0 Å². The van der Waals surface area contributed by atoms with Crippen LogP contribution in [0.3, 0.4) is 0 Å². The van der Waals surface area contributed by atoms with Crippen LogP contribution in [0.25, 0.3) is 11.3 Å². The van der Waals surface area contributed by atoms with Crippen molar-refractivity contribution in [2.45, 2.75) is 37.8 Å². The van der Waals surface area contributed by atoms with Crippen molar-refractivity contribution in [3.63, 3.8) is 0 Å². The van der Waals surface area contributed by atoms with E-state index in [1.807, 2.05) is 0 Å². The molecule has 2 aromatic rings. The maximum atomic E-state index is 15.4. The highest BCUT2D eigenvalue weighted by Crippen LogP contribution is 2.50. The van der Waals surface area contributed by atoms with Gasteiger partial charge in [0, 0.05) is 17.3 Å². The van der Waals surface area contributed by atoms with Gasteiger partial charge in [-0.3, -0.25) is 9.98 Å². The molecule has 2 heterocycles. The molecule has 0 unspecified atom stereocenters. The average molecular weight is 363 g/mol. The molecule has 0 aliphatic carbocycles. The Morgan fingerprint density at radius 2 is 1.85 bits per heavy atom. The number of alkyl halides is 2. The van der Waals surface area contributed by atoms with Gasteiger partial charge < -0.3 is 10.5 Å². The van der Waals surface area contributed by atoms with E-state index in [1.165, 1.54) is 32.9 Å². The minimum absolute atomic E-state index is 0.111. The fraction of sp³-hybridized carbons (Fsp3) is 0.368. The summed E-state index contributed by atoms with van der Waals surface area (Å²) >= 11 is 0. The molecular formula is C19H20F3N3O. The quantitative estimate of drug-likeness (QED) is 0.880. The van der Waals surface area contributed by atoms with Gasteiger partial charge in [-0.1, -0.05) is 6.07 Å². The summed E-state index contributed by atoms with van der Waals surface area (Å²) < 4.78 is 50.7. The lowest BCUT2D eigenvalue weighted by molar-refractivity contribution is -0.214. The number of ether oxygens (including phenoxy) is 1. The molecule has 0 saturated heterocycles. The molecule has 1 aromatic heterocycles. The number of hydrogen-bond donors (Lipinski definition) is 1. The van der Waals surface area contributed by atoms with Crippen LogP contribution < -0.4 is 5.73 Å². The lowest BCUT2D eigenvalue weighted by atomic mass is 9.77. The molecule has 26 heavy (non-hydrogen) atoms. The first-order valence-electron chi connectivity index (χ1n) is 8.16. The number of amidine groups is 1. The summed E-state index contributed by atoms with van der Waals surface area (Å²) in [5.74, 6) is -4.42. The van der Waals surface area contributed by atoms with Crippen molar-refractivity contribution >= 4 is 5.84 Å². The summed E-state index contributed by atoms with van der Waals surface area (Å²) in [6.45, 7) is 3.43. The maximum Gasteiger partial charge on any atom is 0.304 e. The van der Waals surface area contributed by atoms with Gasteiger partial charge in [0.15, 0.2) is 5.54 Å². The monoisotopic (exact) mass is 363 g/mol. The van der Waals surface area contributed by atoms with Gasteiger partial charge in [-0.25, -0.2) is 13.2 Å². The van der Waals surface area contributed by atoms with Crippen LogP contribution in [0.5, 0.6) is 0 Å². The minimum Gasteiger partial charge on any atom is -0.385 e. The topological polar surface area (TPSA) is 60.5 Å². The van der Waals surface area contributed by atoms with Crippen molar-refractivity contribution in [3.05, 3.63) is 54.0 Å². The van der Waals surface area contributed by atoms with Gasteiger partial charge in [-0.05, 0) is 51.1 Å². The van der Waals surface area contributed by atoms with Gasteiger partial charge in [0.1, 0.15) is 23.9 Å². The largest absolute Gasteiger partial charge is 0.385 e. The van der Waals surface area contributed by atoms with E-state index in [2.05, 4.69) is 9.98 Å². The Hall–Kier alpha value is -2.41. The average Bonchev–Trinajstić information content (AvgIpc) is 2.66. The van der Waals surface area contributed by atoms with Crippen molar-refractivity contribution in [1.29, 1.82) is 0 Å². The normalized spacial score (nSPS) is 24.6. The zero-order chi connectivity index (χ0) is 19.2. The third kappa shape index (κ3) is 2.76. The first-order chi connectivity index (χ1) is 12.1. The molecule has 3 rings (SSSR count). The third-order valence-electron chi connectivity index (χ3n) is 4.77. The Bertz CT molecular complexity index is 852. The second-order valence-electron chi connectivity index (χ2n) is 6.96. The minimum atomic E-state index is -3.52. The summed E-state index contributed by atoms with van der Waals surface area (Å²) in [6, 6.07) is 9.21. The van der Waals surface area contributed by atoms with Crippen molar-refractivity contribution in [3.8, 4) is 11.3 Å². The van der Waals surface area contributed by atoms with Crippen LogP contribution >= 0.6 is 0 Å². The zero-order valence-corrected chi connectivity index (χ0v) is 14.8. The van der Waals surface area contributed by atoms with E-state index in [1.54, 1.807) is 24.4 Å². The summed E-state index contributed by atoms with van der Waals surface area (Å²) in [6.07, 6.45) is 1.58. The van der Waals surface area contributed by atoms with Crippen LogP contribution in [0.2, 0.25) is 0 Å². The summed E-state index contributed by atoms with van der Waals surface area (Å²) in [5, 5.41) is 0. The Morgan fingerprint density at radius 1 is 1.12 bits per heavy atom. The van der Waals surface area contributed by atoms with Crippen LogP contribution in [0, 0.1) is 5.82 Å². The van der Waals surface area contributed by atoms with Crippen molar-refractivity contribution in [2.24, 2.45) is 10.7 Å². The van der Waals surface area contributed by atoms with Crippen molar-refractivity contribution < 1.29 is 17.9 Å². The smallest absolute Gasteiger partial charge is 0.304 e. The first-order valence-corrected chi connectivity index (χ1v) is 8.16. The fourth-order valence-electron chi connectivity index (χ4n) is 3.14.